The minimum absolute atomic E-state index is 0.188. The van der Waals surface area contributed by atoms with E-state index in [0.717, 1.165) is 24.2 Å². The van der Waals surface area contributed by atoms with Crippen molar-refractivity contribution in [2.24, 2.45) is 0 Å². The average Bonchev–Trinajstić information content (AvgIpc) is 3.49. The number of ether oxygens (including phenoxy) is 1. The maximum atomic E-state index is 12.9. The highest BCUT2D eigenvalue weighted by Gasteiger charge is 2.19. The smallest absolute Gasteiger partial charge is 0.412 e. The van der Waals surface area contributed by atoms with E-state index < -0.39 is 17.6 Å². The Bertz CT molecular complexity index is 1200. The van der Waals surface area contributed by atoms with Gasteiger partial charge in [0, 0.05) is 35.4 Å². The summed E-state index contributed by atoms with van der Waals surface area (Å²) in [5.41, 5.74) is 2.03. The lowest BCUT2D eigenvalue weighted by Crippen LogP contribution is -2.36. The first-order valence-electron chi connectivity index (χ1n) is 12.1. The number of nitrogens with one attached hydrogen (secondary N) is 3. The Balaban J connectivity index is 1.62. The normalized spacial score (nSPS) is 11.2. The molecule has 0 aliphatic rings. The van der Waals surface area contributed by atoms with Crippen LogP contribution >= 0.6 is 22.7 Å². The molecule has 38 heavy (non-hydrogen) atoms. The third-order valence-electron chi connectivity index (χ3n) is 5.07. The highest BCUT2D eigenvalue weighted by atomic mass is 32.1. The molecule has 0 spiro atoms. The highest BCUT2D eigenvalue weighted by molar-refractivity contribution is 7.09. The fourth-order valence-corrected chi connectivity index (χ4v) is 4.63. The van der Waals surface area contributed by atoms with Crippen LogP contribution in [0.3, 0.4) is 0 Å². The van der Waals surface area contributed by atoms with E-state index in [2.05, 4.69) is 25.8 Å². The maximum absolute atomic E-state index is 12.9. The second kappa shape index (κ2) is 13.4. The van der Waals surface area contributed by atoms with E-state index in [1.807, 2.05) is 30.9 Å². The molecule has 3 aromatic rings. The van der Waals surface area contributed by atoms with Crippen molar-refractivity contribution in [2.75, 3.05) is 43.1 Å². The predicted octanol–water partition coefficient (Wildman–Crippen LogP) is 5.79. The van der Waals surface area contributed by atoms with Crippen LogP contribution < -0.4 is 16.0 Å². The highest BCUT2D eigenvalue weighted by Crippen LogP contribution is 2.27. The van der Waals surface area contributed by atoms with Crippen LogP contribution in [0.25, 0.3) is 0 Å². The number of nitrogens with zero attached hydrogens (tertiary/aromatic N) is 3. The van der Waals surface area contributed by atoms with Crippen molar-refractivity contribution in [1.29, 1.82) is 0 Å². The van der Waals surface area contributed by atoms with Gasteiger partial charge in [-0.1, -0.05) is 6.07 Å². The Morgan fingerprint density at radius 2 is 1.68 bits per heavy atom. The zero-order valence-corrected chi connectivity index (χ0v) is 23.9. The van der Waals surface area contributed by atoms with Crippen LogP contribution in [0, 0.1) is 0 Å². The summed E-state index contributed by atoms with van der Waals surface area (Å²) in [5, 5.41) is 15.6. The van der Waals surface area contributed by atoms with Gasteiger partial charge in [0.15, 0.2) is 0 Å². The lowest BCUT2D eigenvalue weighted by atomic mass is 10.2. The molecule has 12 heteroatoms. The fourth-order valence-electron chi connectivity index (χ4n) is 3.33. The average molecular weight is 559 g/mol. The number of hydrogen-bond donors (Lipinski definition) is 3. The molecule has 3 N–H and O–H groups in total. The second-order valence-corrected chi connectivity index (χ2v) is 11.4. The molecule has 0 radical (unpaired) electrons. The SMILES string of the molecule is CN(C)CCCN(Cc1ccc(C(=O)Nc2cscc2NC(=O)OC(C)(C)C)nc1)C(=O)Nc1ccsc1. The summed E-state index contributed by atoms with van der Waals surface area (Å²) in [7, 11) is 3.99. The molecule has 0 unspecified atom stereocenters. The van der Waals surface area contributed by atoms with E-state index in [1.165, 1.54) is 22.7 Å². The van der Waals surface area contributed by atoms with Gasteiger partial charge in [-0.05, 0) is 70.9 Å². The summed E-state index contributed by atoms with van der Waals surface area (Å²) in [5.74, 6) is -0.416. The number of aromatic nitrogens is 1. The fraction of sp³-hybridized carbons (Fsp3) is 0.385. The third kappa shape index (κ3) is 9.43. The number of hydrogen-bond acceptors (Lipinski definition) is 8. The molecule has 0 saturated carbocycles. The summed E-state index contributed by atoms with van der Waals surface area (Å²) in [6, 6.07) is 5.07. The molecular weight excluding hydrogens is 524 g/mol. The topological polar surface area (TPSA) is 116 Å². The molecule has 0 aliphatic heterocycles. The van der Waals surface area contributed by atoms with Crippen LogP contribution in [-0.2, 0) is 11.3 Å². The first kappa shape index (κ1) is 29.1. The van der Waals surface area contributed by atoms with Crippen molar-refractivity contribution in [3.8, 4) is 0 Å². The Morgan fingerprint density at radius 1 is 0.947 bits per heavy atom. The number of amides is 4. The van der Waals surface area contributed by atoms with E-state index in [-0.39, 0.29) is 11.7 Å². The predicted molar refractivity (Wildman–Crippen MR) is 153 cm³/mol. The Morgan fingerprint density at radius 3 is 2.29 bits per heavy atom. The standard InChI is InChI=1S/C26H34N6O4S2/c1-26(2,3)36-25(35)30-22-17-38-16-21(22)29-23(33)20-8-7-18(13-27-20)14-32(11-6-10-31(4)5)24(34)28-19-9-12-37-15-19/h7-9,12-13,15-17H,6,10-11,14H2,1-5H3,(H,28,34)(H,29,33)(H,30,35). The van der Waals surface area contributed by atoms with Gasteiger partial charge < -0.3 is 25.2 Å². The van der Waals surface area contributed by atoms with Gasteiger partial charge in [-0.15, -0.1) is 11.3 Å². The van der Waals surface area contributed by atoms with Crippen molar-refractivity contribution >= 4 is 57.8 Å². The van der Waals surface area contributed by atoms with E-state index >= 15 is 0 Å². The number of carbonyl (C=O) groups excluding carboxylic acids is 3. The van der Waals surface area contributed by atoms with Crippen molar-refractivity contribution in [3.05, 3.63) is 57.2 Å². The number of rotatable bonds is 10. The van der Waals surface area contributed by atoms with Gasteiger partial charge in [-0.3, -0.25) is 15.1 Å². The molecule has 3 rings (SSSR count). The van der Waals surface area contributed by atoms with Crippen molar-refractivity contribution in [1.82, 2.24) is 14.8 Å². The second-order valence-electron chi connectivity index (χ2n) is 9.85. The maximum Gasteiger partial charge on any atom is 0.412 e. The Kier molecular flexibility index (Phi) is 10.2. The number of anilines is 3. The van der Waals surface area contributed by atoms with E-state index in [1.54, 1.807) is 54.8 Å². The van der Waals surface area contributed by atoms with Crippen molar-refractivity contribution in [3.63, 3.8) is 0 Å². The van der Waals surface area contributed by atoms with Gasteiger partial charge in [-0.2, -0.15) is 11.3 Å². The molecule has 10 nitrogen and oxygen atoms in total. The van der Waals surface area contributed by atoms with Crippen LogP contribution in [0.2, 0.25) is 0 Å². The lowest BCUT2D eigenvalue weighted by Gasteiger charge is -2.24. The molecule has 0 bridgehead atoms. The Hall–Kier alpha value is -3.48. The van der Waals surface area contributed by atoms with Crippen LogP contribution in [-0.4, -0.2) is 65.6 Å². The lowest BCUT2D eigenvalue weighted by molar-refractivity contribution is 0.0635. The molecule has 4 amide bonds. The van der Waals surface area contributed by atoms with Crippen LogP contribution in [0.4, 0.5) is 26.7 Å². The summed E-state index contributed by atoms with van der Waals surface area (Å²) < 4.78 is 5.28. The van der Waals surface area contributed by atoms with E-state index in [9.17, 15) is 14.4 Å². The molecular formula is C26H34N6O4S2. The summed E-state index contributed by atoms with van der Waals surface area (Å²) in [6.45, 7) is 7.10. The summed E-state index contributed by atoms with van der Waals surface area (Å²) >= 11 is 2.85. The molecule has 204 valence electrons. The van der Waals surface area contributed by atoms with E-state index in [0.29, 0.717) is 24.5 Å². The van der Waals surface area contributed by atoms with Crippen molar-refractivity contribution < 1.29 is 19.1 Å². The summed E-state index contributed by atoms with van der Waals surface area (Å²) in [6.07, 6.45) is 1.81. The molecule has 0 aliphatic carbocycles. The first-order chi connectivity index (χ1) is 18.0. The number of carbonyl (C=O) groups is 3. The molecule has 0 aromatic carbocycles. The minimum atomic E-state index is -0.637. The van der Waals surface area contributed by atoms with E-state index in [4.69, 9.17) is 4.74 Å². The third-order valence-corrected chi connectivity index (χ3v) is 6.50. The number of pyridine rings is 1. The molecule has 0 fully saturated rings. The van der Waals surface area contributed by atoms with Gasteiger partial charge in [0.1, 0.15) is 11.3 Å². The van der Waals surface area contributed by atoms with Gasteiger partial charge in [-0.25, -0.2) is 9.59 Å². The summed E-state index contributed by atoms with van der Waals surface area (Å²) in [4.78, 5) is 45.9. The molecule has 0 saturated heterocycles. The quantitative estimate of drug-likeness (QED) is 0.290. The van der Waals surface area contributed by atoms with Gasteiger partial charge in [0.2, 0.25) is 0 Å². The zero-order chi connectivity index (χ0) is 27.7. The first-order valence-corrected chi connectivity index (χ1v) is 13.9. The minimum Gasteiger partial charge on any atom is -0.444 e. The number of urea groups is 1. The molecule has 0 atom stereocenters. The van der Waals surface area contributed by atoms with Crippen LogP contribution in [0.1, 0.15) is 43.2 Å². The Labute approximate surface area is 231 Å². The largest absolute Gasteiger partial charge is 0.444 e. The van der Waals surface area contributed by atoms with Crippen LogP contribution in [0.5, 0.6) is 0 Å². The zero-order valence-electron chi connectivity index (χ0n) is 22.2. The van der Waals surface area contributed by atoms with Gasteiger partial charge in [0.05, 0.1) is 17.1 Å². The van der Waals surface area contributed by atoms with Gasteiger partial charge >= 0.3 is 12.1 Å². The molecule has 3 aromatic heterocycles. The van der Waals surface area contributed by atoms with Crippen LogP contribution in [0.15, 0.2) is 45.9 Å². The monoisotopic (exact) mass is 558 g/mol. The number of thiophene rings is 2. The van der Waals surface area contributed by atoms with Gasteiger partial charge in [0.25, 0.3) is 5.91 Å². The van der Waals surface area contributed by atoms with Crippen molar-refractivity contribution in [2.45, 2.75) is 39.3 Å². The molecule has 3 heterocycles.